The average molecular weight is 386 g/mol. The summed E-state index contributed by atoms with van der Waals surface area (Å²) in [6.45, 7) is 4.91. The van der Waals surface area contributed by atoms with Crippen molar-refractivity contribution in [2.45, 2.75) is 69.9 Å². The minimum atomic E-state index is 0.0786. The van der Waals surface area contributed by atoms with Crippen LogP contribution in [0.25, 0.3) is 0 Å². The van der Waals surface area contributed by atoms with Gasteiger partial charge in [-0.25, -0.2) is 0 Å². The van der Waals surface area contributed by atoms with Crippen LogP contribution in [-0.4, -0.2) is 60.6 Å². The van der Waals surface area contributed by atoms with Gasteiger partial charge in [-0.2, -0.15) is 0 Å². The summed E-state index contributed by atoms with van der Waals surface area (Å²) in [7, 11) is 0. The molecule has 3 fully saturated rings. The van der Waals surface area contributed by atoms with Crippen molar-refractivity contribution in [3.8, 4) is 5.75 Å². The molecule has 0 unspecified atom stereocenters. The number of piperidine rings is 2. The van der Waals surface area contributed by atoms with Gasteiger partial charge in [-0.1, -0.05) is 19.3 Å². The van der Waals surface area contributed by atoms with Crippen molar-refractivity contribution < 1.29 is 9.53 Å². The van der Waals surface area contributed by atoms with Gasteiger partial charge in [-0.3, -0.25) is 9.69 Å². The highest BCUT2D eigenvalue weighted by Crippen LogP contribution is 2.27. The van der Waals surface area contributed by atoms with Crippen LogP contribution >= 0.6 is 0 Å². The Morgan fingerprint density at radius 1 is 0.893 bits per heavy atom. The number of anilines is 1. The Morgan fingerprint density at radius 3 is 2.25 bits per heavy atom. The van der Waals surface area contributed by atoms with E-state index in [2.05, 4.69) is 15.1 Å². The first-order valence-corrected chi connectivity index (χ1v) is 11.3. The summed E-state index contributed by atoms with van der Waals surface area (Å²) in [6, 6.07) is 8.71. The summed E-state index contributed by atoms with van der Waals surface area (Å²) >= 11 is 0. The molecule has 3 aliphatic rings. The molecule has 1 N–H and O–H groups in total. The Labute approximate surface area is 169 Å². The van der Waals surface area contributed by atoms with Crippen molar-refractivity contribution in [3.63, 3.8) is 0 Å². The van der Waals surface area contributed by atoms with Crippen molar-refractivity contribution in [1.29, 1.82) is 0 Å². The smallest absolute Gasteiger partial charge is 0.238 e. The molecule has 1 aliphatic carbocycles. The normalized spacial score (nSPS) is 23.0. The molecular weight excluding hydrogens is 350 g/mol. The van der Waals surface area contributed by atoms with Gasteiger partial charge >= 0.3 is 0 Å². The highest BCUT2D eigenvalue weighted by atomic mass is 16.5. The van der Waals surface area contributed by atoms with Crippen LogP contribution in [0.15, 0.2) is 24.3 Å². The van der Waals surface area contributed by atoms with Gasteiger partial charge < -0.3 is 15.0 Å². The van der Waals surface area contributed by atoms with Crippen LogP contribution in [0.2, 0.25) is 0 Å². The number of hydrogen-bond acceptors (Lipinski definition) is 4. The third-order valence-electron chi connectivity index (χ3n) is 6.57. The van der Waals surface area contributed by atoms with Gasteiger partial charge in [0.25, 0.3) is 0 Å². The fraction of sp³-hybridized carbons (Fsp3) is 0.696. The summed E-state index contributed by atoms with van der Waals surface area (Å²) in [6.07, 6.45) is 11.8. The zero-order valence-electron chi connectivity index (χ0n) is 17.1. The minimum Gasteiger partial charge on any atom is -0.490 e. The number of likely N-dealkylation sites (tertiary alicyclic amines) is 2. The molecule has 0 spiro atoms. The van der Waals surface area contributed by atoms with Gasteiger partial charge in [0.05, 0.1) is 6.54 Å². The molecule has 28 heavy (non-hydrogen) atoms. The lowest BCUT2D eigenvalue weighted by Crippen LogP contribution is -2.43. The molecule has 2 heterocycles. The Balaban J connectivity index is 1.19. The molecule has 5 heteroatoms. The van der Waals surface area contributed by atoms with Crippen LogP contribution < -0.4 is 10.1 Å². The number of carbonyl (C=O) groups is 1. The van der Waals surface area contributed by atoms with Gasteiger partial charge in [-0.05, 0) is 75.9 Å². The van der Waals surface area contributed by atoms with E-state index < -0.39 is 0 Å². The molecule has 1 saturated carbocycles. The summed E-state index contributed by atoms with van der Waals surface area (Å²) in [4.78, 5) is 17.2. The Morgan fingerprint density at radius 2 is 1.57 bits per heavy atom. The predicted octanol–water partition coefficient (Wildman–Crippen LogP) is 3.90. The van der Waals surface area contributed by atoms with E-state index in [1.807, 2.05) is 24.3 Å². The number of nitrogens with one attached hydrogen (secondary N) is 1. The van der Waals surface area contributed by atoms with Gasteiger partial charge in [0.1, 0.15) is 11.9 Å². The molecule has 1 aromatic carbocycles. The molecule has 0 bridgehead atoms. The first-order valence-electron chi connectivity index (χ1n) is 11.3. The number of rotatable bonds is 6. The van der Waals surface area contributed by atoms with Crippen molar-refractivity contribution in [2.24, 2.45) is 0 Å². The quantitative estimate of drug-likeness (QED) is 0.807. The number of amides is 1. The van der Waals surface area contributed by atoms with Crippen LogP contribution in [0.5, 0.6) is 5.75 Å². The molecule has 1 amide bonds. The molecule has 0 aromatic heterocycles. The number of ether oxygens (including phenoxy) is 1. The van der Waals surface area contributed by atoms with E-state index >= 15 is 0 Å². The second kappa shape index (κ2) is 9.75. The first kappa shape index (κ1) is 19.7. The van der Waals surface area contributed by atoms with Crippen LogP contribution in [0.4, 0.5) is 5.69 Å². The summed E-state index contributed by atoms with van der Waals surface area (Å²) in [5.74, 6) is 0.989. The Kier molecular flexibility index (Phi) is 6.86. The van der Waals surface area contributed by atoms with E-state index in [1.54, 1.807) is 0 Å². The molecular formula is C23H35N3O2. The van der Waals surface area contributed by atoms with Crippen LogP contribution in [0.3, 0.4) is 0 Å². The number of nitrogens with zero attached hydrogens (tertiary/aromatic N) is 2. The molecule has 0 atom stereocenters. The highest BCUT2D eigenvalue weighted by molar-refractivity contribution is 5.92. The molecule has 1 aromatic rings. The monoisotopic (exact) mass is 385 g/mol. The minimum absolute atomic E-state index is 0.0786. The Hall–Kier alpha value is -1.59. The van der Waals surface area contributed by atoms with Gasteiger partial charge in [-0.15, -0.1) is 0 Å². The summed E-state index contributed by atoms with van der Waals surface area (Å²) < 4.78 is 6.20. The fourth-order valence-corrected chi connectivity index (χ4v) is 4.96. The second-order valence-electron chi connectivity index (χ2n) is 8.70. The largest absolute Gasteiger partial charge is 0.490 e. The predicted molar refractivity (Wildman–Crippen MR) is 113 cm³/mol. The topological polar surface area (TPSA) is 44.8 Å². The van der Waals surface area contributed by atoms with Crippen molar-refractivity contribution in [1.82, 2.24) is 9.80 Å². The molecule has 4 rings (SSSR count). The molecule has 154 valence electrons. The zero-order chi connectivity index (χ0) is 19.2. The Bertz CT molecular complexity index is 613. The second-order valence-corrected chi connectivity index (χ2v) is 8.70. The van der Waals surface area contributed by atoms with E-state index in [9.17, 15) is 4.79 Å². The summed E-state index contributed by atoms with van der Waals surface area (Å²) in [5, 5.41) is 3.01. The molecule has 2 saturated heterocycles. The van der Waals surface area contributed by atoms with E-state index in [0.29, 0.717) is 12.6 Å². The number of hydrogen-bond donors (Lipinski definition) is 1. The van der Waals surface area contributed by atoms with Crippen molar-refractivity contribution >= 4 is 11.6 Å². The van der Waals surface area contributed by atoms with Crippen LogP contribution in [-0.2, 0) is 4.79 Å². The third-order valence-corrected chi connectivity index (χ3v) is 6.57. The standard InChI is InChI=1S/C23H35N3O2/c27-23(18-25-14-4-1-5-15-25)24-19-8-10-21(11-9-19)28-22-12-16-26(17-13-22)20-6-2-3-7-20/h8-11,20,22H,1-7,12-18H2,(H,24,27). The molecule has 5 nitrogen and oxygen atoms in total. The zero-order valence-corrected chi connectivity index (χ0v) is 17.1. The van der Waals surface area contributed by atoms with Crippen molar-refractivity contribution in [3.05, 3.63) is 24.3 Å². The van der Waals surface area contributed by atoms with E-state index in [-0.39, 0.29) is 5.91 Å². The maximum Gasteiger partial charge on any atom is 0.238 e. The van der Waals surface area contributed by atoms with E-state index in [4.69, 9.17) is 4.74 Å². The van der Waals surface area contributed by atoms with Gasteiger partial charge in [0.15, 0.2) is 0 Å². The fourth-order valence-electron chi connectivity index (χ4n) is 4.96. The third kappa shape index (κ3) is 5.48. The maximum absolute atomic E-state index is 12.2. The first-order chi connectivity index (χ1) is 13.8. The lowest BCUT2D eigenvalue weighted by atomic mass is 10.0. The average Bonchev–Trinajstić information content (AvgIpc) is 3.26. The highest BCUT2D eigenvalue weighted by Gasteiger charge is 2.27. The number of carbonyl (C=O) groups excluding carboxylic acids is 1. The lowest BCUT2D eigenvalue weighted by Gasteiger charge is -2.36. The SMILES string of the molecule is O=C(CN1CCCCC1)Nc1ccc(OC2CCN(C3CCCC3)CC2)cc1. The number of benzene rings is 1. The van der Waals surface area contributed by atoms with Gasteiger partial charge in [0.2, 0.25) is 5.91 Å². The molecule has 2 aliphatic heterocycles. The van der Waals surface area contributed by atoms with Crippen LogP contribution in [0, 0.1) is 0 Å². The molecule has 0 radical (unpaired) electrons. The van der Waals surface area contributed by atoms with Gasteiger partial charge in [0, 0.05) is 24.8 Å². The maximum atomic E-state index is 12.2. The van der Waals surface area contributed by atoms with E-state index in [1.165, 1.54) is 58.0 Å². The van der Waals surface area contributed by atoms with Crippen LogP contribution in [0.1, 0.15) is 57.8 Å². The van der Waals surface area contributed by atoms with E-state index in [0.717, 1.165) is 43.4 Å². The van der Waals surface area contributed by atoms with Crippen molar-refractivity contribution in [2.75, 3.05) is 38.0 Å². The summed E-state index contributed by atoms with van der Waals surface area (Å²) in [5.41, 5.74) is 0.852. The lowest BCUT2D eigenvalue weighted by molar-refractivity contribution is -0.117.